The third-order valence-corrected chi connectivity index (χ3v) is 3.56. The van der Waals surface area contributed by atoms with E-state index in [9.17, 15) is 9.18 Å². The summed E-state index contributed by atoms with van der Waals surface area (Å²) in [6.45, 7) is 1.34. The highest BCUT2D eigenvalue weighted by Crippen LogP contribution is 2.26. The summed E-state index contributed by atoms with van der Waals surface area (Å²) in [6.07, 6.45) is 5.70. The van der Waals surface area contributed by atoms with E-state index in [-0.39, 0.29) is 11.9 Å². The van der Waals surface area contributed by atoms with E-state index in [0.717, 1.165) is 31.9 Å². The summed E-state index contributed by atoms with van der Waals surface area (Å²) in [7, 11) is 1.80. The minimum absolute atomic E-state index is 0.0969. The van der Waals surface area contributed by atoms with Crippen molar-refractivity contribution in [1.29, 1.82) is 0 Å². The number of para-hydroxylation sites is 1. The van der Waals surface area contributed by atoms with E-state index < -0.39 is 5.97 Å². The number of halogens is 1. The number of anilines is 1. The minimum Gasteiger partial charge on any atom is -0.478 e. The number of hydrogen-bond donors (Lipinski definition) is 1. The van der Waals surface area contributed by atoms with Gasteiger partial charge in [-0.3, -0.25) is 0 Å². The molecule has 2 rings (SSSR count). The van der Waals surface area contributed by atoms with Gasteiger partial charge in [-0.25, -0.2) is 9.18 Å². The van der Waals surface area contributed by atoms with Crippen molar-refractivity contribution in [2.45, 2.75) is 25.4 Å². The van der Waals surface area contributed by atoms with Crippen molar-refractivity contribution in [3.8, 4) is 0 Å². The van der Waals surface area contributed by atoms with Gasteiger partial charge in [0.1, 0.15) is 5.82 Å². The van der Waals surface area contributed by atoms with Crippen LogP contribution in [0.1, 0.15) is 24.8 Å². The van der Waals surface area contributed by atoms with Gasteiger partial charge in [0.15, 0.2) is 0 Å². The van der Waals surface area contributed by atoms with Crippen LogP contribution in [0.15, 0.2) is 24.3 Å². The largest absolute Gasteiger partial charge is 0.478 e. The fraction of sp³-hybridized carbons (Fsp3) is 0.438. The van der Waals surface area contributed by atoms with E-state index in [1.54, 1.807) is 24.1 Å². The first kappa shape index (κ1) is 15.5. The second-order valence-electron chi connectivity index (χ2n) is 5.22. The molecule has 0 spiro atoms. The molecular weight excluding hydrogens is 273 g/mol. The van der Waals surface area contributed by atoms with Crippen LogP contribution in [0.25, 0.3) is 6.08 Å². The van der Waals surface area contributed by atoms with Crippen LogP contribution in [0.3, 0.4) is 0 Å². The molecule has 4 nitrogen and oxygen atoms in total. The SMILES string of the molecule is CN(CC1CCCCO1)c1c(F)cccc1/C=C/C(=O)O. The zero-order valence-corrected chi connectivity index (χ0v) is 12.1. The Balaban J connectivity index is 2.18. The third-order valence-electron chi connectivity index (χ3n) is 3.56. The lowest BCUT2D eigenvalue weighted by Gasteiger charge is -2.29. The Hall–Kier alpha value is -1.88. The molecule has 0 saturated carbocycles. The summed E-state index contributed by atoms with van der Waals surface area (Å²) in [6, 6.07) is 4.66. The predicted octanol–water partition coefficient (Wildman–Crippen LogP) is 2.93. The minimum atomic E-state index is -1.05. The van der Waals surface area contributed by atoms with Crippen molar-refractivity contribution in [2.24, 2.45) is 0 Å². The van der Waals surface area contributed by atoms with Gasteiger partial charge in [0, 0.05) is 31.8 Å². The van der Waals surface area contributed by atoms with Gasteiger partial charge in [0.25, 0.3) is 0 Å². The number of rotatable bonds is 5. The highest BCUT2D eigenvalue weighted by Gasteiger charge is 2.19. The standard InChI is InChI=1S/C16H20FNO3/c1-18(11-13-6-2-3-10-21-13)16-12(8-9-15(19)20)5-4-7-14(16)17/h4-5,7-9,13H,2-3,6,10-11H2,1H3,(H,19,20)/b9-8+. The predicted molar refractivity (Wildman–Crippen MR) is 79.9 cm³/mol. The van der Waals surface area contributed by atoms with Gasteiger partial charge < -0.3 is 14.7 Å². The number of ether oxygens (including phenoxy) is 1. The van der Waals surface area contributed by atoms with Gasteiger partial charge >= 0.3 is 5.97 Å². The van der Waals surface area contributed by atoms with E-state index in [1.165, 1.54) is 12.1 Å². The first-order valence-corrected chi connectivity index (χ1v) is 7.10. The normalized spacial score (nSPS) is 18.9. The second kappa shape index (κ2) is 7.22. The molecule has 1 atom stereocenters. The molecule has 0 aliphatic carbocycles. The maximum atomic E-state index is 14.1. The molecule has 1 aromatic rings. The molecule has 1 unspecified atom stereocenters. The first-order chi connectivity index (χ1) is 10.1. The molecule has 1 saturated heterocycles. The lowest BCUT2D eigenvalue weighted by molar-refractivity contribution is -0.131. The van der Waals surface area contributed by atoms with Crippen LogP contribution in [0.5, 0.6) is 0 Å². The fourth-order valence-electron chi connectivity index (χ4n) is 2.58. The summed E-state index contributed by atoms with van der Waals surface area (Å²) >= 11 is 0. The van der Waals surface area contributed by atoms with Gasteiger partial charge in [0.2, 0.25) is 0 Å². The maximum Gasteiger partial charge on any atom is 0.328 e. The van der Waals surface area contributed by atoms with Crippen LogP contribution in [0.4, 0.5) is 10.1 Å². The molecule has 1 fully saturated rings. The van der Waals surface area contributed by atoms with Gasteiger partial charge in [0.05, 0.1) is 11.8 Å². The molecule has 5 heteroatoms. The first-order valence-electron chi connectivity index (χ1n) is 7.10. The van der Waals surface area contributed by atoms with E-state index in [2.05, 4.69) is 0 Å². The lowest BCUT2D eigenvalue weighted by Crippen LogP contribution is -2.34. The van der Waals surface area contributed by atoms with Crippen LogP contribution in [0, 0.1) is 5.82 Å². The van der Waals surface area contributed by atoms with Crippen LogP contribution in [0.2, 0.25) is 0 Å². The number of likely N-dealkylation sites (N-methyl/N-ethyl adjacent to an activating group) is 1. The van der Waals surface area contributed by atoms with Crippen LogP contribution in [-0.2, 0) is 9.53 Å². The zero-order valence-electron chi connectivity index (χ0n) is 12.1. The third kappa shape index (κ3) is 4.29. The molecule has 21 heavy (non-hydrogen) atoms. The molecule has 0 amide bonds. The smallest absolute Gasteiger partial charge is 0.328 e. The van der Waals surface area contributed by atoms with E-state index in [4.69, 9.17) is 9.84 Å². The van der Waals surface area contributed by atoms with Crippen molar-refractivity contribution >= 4 is 17.7 Å². The number of carbonyl (C=O) groups is 1. The summed E-state index contributed by atoms with van der Waals surface area (Å²) in [4.78, 5) is 12.4. The molecule has 1 heterocycles. The number of carboxylic acid groups (broad SMARTS) is 1. The Kier molecular flexibility index (Phi) is 5.33. The van der Waals surface area contributed by atoms with Crippen molar-refractivity contribution in [3.05, 3.63) is 35.7 Å². The molecule has 114 valence electrons. The Morgan fingerprint density at radius 2 is 2.33 bits per heavy atom. The van der Waals surface area contributed by atoms with Gasteiger partial charge in [-0.1, -0.05) is 12.1 Å². The average molecular weight is 293 g/mol. The zero-order chi connectivity index (χ0) is 15.2. The Bertz CT molecular complexity index is 524. The van der Waals surface area contributed by atoms with Gasteiger partial charge in [-0.05, 0) is 31.4 Å². The highest BCUT2D eigenvalue weighted by molar-refractivity contribution is 5.87. The van der Waals surface area contributed by atoms with E-state index in [1.807, 2.05) is 0 Å². The van der Waals surface area contributed by atoms with Crippen LogP contribution in [-0.4, -0.2) is 37.4 Å². The molecule has 0 aromatic heterocycles. The average Bonchev–Trinajstić information content (AvgIpc) is 2.46. The monoisotopic (exact) mass is 293 g/mol. The van der Waals surface area contributed by atoms with Crippen molar-refractivity contribution in [2.75, 3.05) is 25.1 Å². The Morgan fingerprint density at radius 3 is 3.00 bits per heavy atom. The molecule has 1 N–H and O–H groups in total. The summed E-state index contributed by atoms with van der Waals surface area (Å²) in [5, 5.41) is 8.72. The van der Waals surface area contributed by atoms with E-state index >= 15 is 0 Å². The Labute approximate surface area is 123 Å². The van der Waals surface area contributed by atoms with Crippen LogP contribution >= 0.6 is 0 Å². The maximum absolute atomic E-state index is 14.1. The Morgan fingerprint density at radius 1 is 1.52 bits per heavy atom. The fourth-order valence-corrected chi connectivity index (χ4v) is 2.58. The summed E-state index contributed by atoms with van der Waals surface area (Å²) in [5.74, 6) is -1.41. The topological polar surface area (TPSA) is 49.8 Å². The highest BCUT2D eigenvalue weighted by atomic mass is 19.1. The quantitative estimate of drug-likeness (QED) is 0.848. The summed E-state index contributed by atoms with van der Waals surface area (Å²) in [5.41, 5.74) is 0.958. The molecule has 1 aliphatic rings. The molecular formula is C16H20FNO3. The molecule has 1 aromatic carbocycles. The number of benzene rings is 1. The number of hydrogen-bond acceptors (Lipinski definition) is 3. The van der Waals surface area contributed by atoms with Crippen molar-refractivity contribution in [3.63, 3.8) is 0 Å². The summed E-state index contributed by atoms with van der Waals surface area (Å²) < 4.78 is 19.8. The number of aliphatic carboxylic acids is 1. The molecule has 0 bridgehead atoms. The van der Waals surface area contributed by atoms with Crippen LogP contribution < -0.4 is 4.90 Å². The number of carboxylic acids is 1. The van der Waals surface area contributed by atoms with Gasteiger partial charge in [-0.15, -0.1) is 0 Å². The lowest BCUT2D eigenvalue weighted by atomic mass is 10.1. The molecule has 0 radical (unpaired) electrons. The van der Waals surface area contributed by atoms with E-state index in [0.29, 0.717) is 17.8 Å². The van der Waals surface area contributed by atoms with Crippen molar-refractivity contribution in [1.82, 2.24) is 0 Å². The number of nitrogens with zero attached hydrogens (tertiary/aromatic N) is 1. The second-order valence-corrected chi connectivity index (χ2v) is 5.22. The van der Waals surface area contributed by atoms with Gasteiger partial charge in [-0.2, -0.15) is 0 Å². The molecule has 1 aliphatic heterocycles. The van der Waals surface area contributed by atoms with Crippen molar-refractivity contribution < 1.29 is 19.0 Å².